The average molecular weight is 222 g/mol. The van der Waals surface area contributed by atoms with Crippen LogP contribution in [0.1, 0.15) is 32.7 Å². The Hall–Kier alpha value is -1.39. The van der Waals surface area contributed by atoms with Gasteiger partial charge in [-0.1, -0.05) is 13.8 Å². The molecule has 0 atom stereocenters. The van der Waals surface area contributed by atoms with Gasteiger partial charge in [0.05, 0.1) is 18.4 Å². The fourth-order valence-corrected chi connectivity index (χ4v) is 2.10. The highest BCUT2D eigenvalue weighted by Gasteiger charge is 2.25. The number of carbonyl (C=O) groups is 1. The number of amides is 1. The highest BCUT2D eigenvalue weighted by Crippen LogP contribution is 2.21. The van der Waals surface area contributed by atoms with Crippen molar-refractivity contribution in [3.8, 4) is 0 Å². The summed E-state index contributed by atoms with van der Waals surface area (Å²) >= 11 is 0. The van der Waals surface area contributed by atoms with Gasteiger partial charge in [0.15, 0.2) is 0 Å². The Morgan fingerprint density at radius 2 is 1.81 bits per heavy atom. The van der Waals surface area contributed by atoms with Crippen molar-refractivity contribution >= 4 is 5.91 Å². The van der Waals surface area contributed by atoms with Crippen LogP contribution in [0, 0.1) is 5.92 Å². The van der Waals surface area contributed by atoms with Crippen LogP contribution in [0.5, 0.6) is 0 Å². The van der Waals surface area contributed by atoms with E-state index in [1.165, 1.54) is 0 Å². The minimum absolute atomic E-state index is 0.0966. The number of nitrogens with zero attached hydrogens (tertiary/aromatic N) is 4. The Morgan fingerprint density at radius 3 is 2.31 bits per heavy atom. The van der Waals surface area contributed by atoms with E-state index in [1.807, 2.05) is 18.7 Å². The third-order valence-corrected chi connectivity index (χ3v) is 3.03. The molecule has 5 heteroatoms. The molecule has 0 bridgehead atoms. The molecule has 0 unspecified atom stereocenters. The molecule has 88 valence electrons. The van der Waals surface area contributed by atoms with Gasteiger partial charge in [-0.15, -0.1) is 0 Å². The summed E-state index contributed by atoms with van der Waals surface area (Å²) in [5, 5.41) is 8.29. The number of piperidine rings is 1. The summed E-state index contributed by atoms with van der Waals surface area (Å²) in [4.78, 5) is 15.5. The van der Waals surface area contributed by atoms with E-state index < -0.39 is 0 Å². The summed E-state index contributed by atoms with van der Waals surface area (Å²) in [5.41, 5.74) is 0. The number of hydrogen-bond acceptors (Lipinski definition) is 3. The second-order valence-electron chi connectivity index (χ2n) is 4.56. The minimum atomic E-state index is 0.0966. The van der Waals surface area contributed by atoms with Crippen molar-refractivity contribution in [2.45, 2.75) is 32.7 Å². The zero-order valence-corrected chi connectivity index (χ0v) is 9.83. The van der Waals surface area contributed by atoms with Gasteiger partial charge in [0.1, 0.15) is 0 Å². The summed E-state index contributed by atoms with van der Waals surface area (Å²) in [6, 6.07) is 0.353. The molecule has 0 radical (unpaired) electrons. The Bertz CT molecular complexity index is 339. The van der Waals surface area contributed by atoms with Gasteiger partial charge in [-0.2, -0.15) is 15.0 Å². The van der Waals surface area contributed by atoms with Crippen molar-refractivity contribution in [2.24, 2.45) is 5.92 Å². The van der Waals surface area contributed by atoms with E-state index in [0.717, 1.165) is 25.9 Å². The fourth-order valence-electron chi connectivity index (χ4n) is 2.10. The van der Waals surface area contributed by atoms with Crippen molar-refractivity contribution < 1.29 is 4.79 Å². The van der Waals surface area contributed by atoms with E-state index in [9.17, 15) is 4.79 Å². The molecular formula is C11H18N4O. The molecule has 1 fully saturated rings. The third-order valence-electron chi connectivity index (χ3n) is 3.03. The second kappa shape index (κ2) is 4.63. The Kier molecular flexibility index (Phi) is 3.22. The van der Waals surface area contributed by atoms with Gasteiger partial charge < -0.3 is 4.90 Å². The molecule has 1 aromatic rings. The van der Waals surface area contributed by atoms with Gasteiger partial charge in [-0.3, -0.25) is 4.79 Å². The lowest BCUT2D eigenvalue weighted by atomic mass is 10.0. The SMILES string of the molecule is CC(C)C(=O)N1CCC(n2nccn2)CC1. The molecular weight excluding hydrogens is 204 g/mol. The average Bonchev–Trinajstić information content (AvgIpc) is 2.81. The predicted molar refractivity (Wildman–Crippen MR) is 59.7 cm³/mol. The summed E-state index contributed by atoms with van der Waals surface area (Å²) in [6.45, 7) is 5.54. The van der Waals surface area contributed by atoms with Gasteiger partial charge in [0.25, 0.3) is 0 Å². The quantitative estimate of drug-likeness (QED) is 0.753. The van der Waals surface area contributed by atoms with Crippen LogP contribution in [-0.2, 0) is 4.79 Å². The minimum Gasteiger partial charge on any atom is -0.342 e. The van der Waals surface area contributed by atoms with Crippen LogP contribution in [0.25, 0.3) is 0 Å². The van der Waals surface area contributed by atoms with E-state index in [4.69, 9.17) is 0 Å². The van der Waals surface area contributed by atoms with Gasteiger partial charge in [-0.05, 0) is 12.8 Å². The smallest absolute Gasteiger partial charge is 0.225 e. The third kappa shape index (κ3) is 2.23. The summed E-state index contributed by atoms with van der Waals surface area (Å²) in [5.74, 6) is 0.353. The molecule has 16 heavy (non-hydrogen) atoms. The van der Waals surface area contributed by atoms with Crippen LogP contribution in [0.15, 0.2) is 12.4 Å². The van der Waals surface area contributed by atoms with Crippen LogP contribution >= 0.6 is 0 Å². The largest absolute Gasteiger partial charge is 0.342 e. The standard InChI is InChI=1S/C11H18N4O/c1-9(2)11(16)14-7-3-10(4-8-14)15-12-5-6-13-15/h5-6,9-10H,3-4,7-8H2,1-2H3. The topological polar surface area (TPSA) is 51.0 Å². The van der Waals surface area contributed by atoms with E-state index in [0.29, 0.717) is 6.04 Å². The van der Waals surface area contributed by atoms with Crippen LogP contribution in [0.2, 0.25) is 0 Å². The molecule has 0 aromatic carbocycles. The maximum atomic E-state index is 11.8. The lowest BCUT2D eigenvalue weighted by Gasteiger charge is -2.32. The van der Waals surface area contributed by atoms with E-state index in [1.54, 1.807) is 17.2 Å². The number of carbonyl (C=O) groups excluding carboxylic acids is 1. The molecule has 2 heterocycles. The summed E-state index contributed by atoms with van der Waals surface area (Å²) in [7, 11) is 0. The lowest BCUT2D eigenvalue weighted by molar-refractivity contribution is -0.135. The second-order valence-corrected chi connectivity index (χ2v) is 4.56. The molecule has 1 aliphatic heterocycles. The van der Waals surface area contributed by atoms with Crippen molar-refractivity contribution in [1.29, 1.82) is 0 Å². The van der Waals surface area contributed by atoms with Gasteiger partial charge in [0.2, 0.25) is 5.91 Å². The first-order chi connectivity index (χ1) is 7.68. The highest BCUT2D eigenvalue weighted by molar-refractivity contribution is 5.78. The zero-order chi connectivity index (χ0) is 11.5. The maximum absolute atomic E-state index is 11.8. The summed E-state index contributed by atoms with van der Waals surface area (Å²) < 4.78 is 0. The molecule has 5 nitrogen and oxygen atoms in total. The van der Waals surface area contributed by atoms with Crippen LogP contribution in [0.3, 0.4) is 0 Å². The van der Waals surface area contributed by atoms with Crippen molar-refractivity contribution in [1.82, 2.24) is 19.9 Å². The van der Waals surface area contributed by atoms with E-state index in [2.05, 4.69) is 10.2 Å². The first kappa shape index (κ1) is 11.1. The molecule has 1 aliphatic rings. The number of likely N-dealkylation sites (tertiary alicyclic amines) is 1. The number of rotatable bonds is 2. The van der Waals surface area contributed by atoms with Gasteiger partial charge >= 0.3 is 0 Å². The molecule has 0 saturated carbocycles. The number of hydrogen-bond donors (Lipinski definition) is 0. The first-order valence-electron chi connectivity index (χ1n) is 5.83. The molecule has 0 spiro atoms. The summed E-state index contributed by atoms with van der Waals surface area (Å²) in [6.07, 6.45) is 5.30. The van der Waals surface area contributed by atoms with Crippen LogP contribution < -0.4 is 0 Å². The highest BCUT2D eigenvalue weighted by atomic mass is 16.2. The lowest BCUT2D eigenvalue weighted by Crippen LogP contribution is -2.41. The van der Waals surface area contributed by atoms with Crippen molar-refractivity contribution in [2.75, 3.05) is 13.1 Å². The molecule has 1 amide bonds. The van der Waals surface area contributed by atoms with E-state index in [-0.39, 0.29) is 11.8 Å². The Morgan fingerprint density at radius 1 is 1.25 bits per heavy atom. The molecule has 0 N–H and O–H groups in total. The van der Waals surface area contributed by atoms with Crippen LogP contribution in [-0.4, -0.2) is 38.9 Å². The first-order valence-corrected chi connectivity index (χ1v) is 5.83. The Labute approximate surface area is 95.4 Å². The van der Waals surface area contributed by atoms with Crippen LogP contribution in [0.4, 0.5) is 0 Å². The predicted octanol–water partition coefficient (Wildman–Crippen LogP) is 1.10. The van der Waals surface area contributed by atoms with Gasteiger partial charge in [0, 0.05) is 19.0 Å². The van der Waals surface area contributed by atoms with E-state index >= 15 is 0 Å². The fraction of sp³-hybridized carbons (Fsp3) is 0.727. The van der Waals surface area contributed by atoms with Crippen molar-refractivity contribution in [3.05, 3.63) is 12.4 Å². The Balaban J connectivity index is 1.90. The molecule has 2 rings (SSSR count). The number of aromatic nitrogens is 3. The monoisotopic (exact) mass is 222 g/mol. The van der Waals surface area contributed by atoms with Crippen molar-refractivity contribution in [3.63, 3.8) is 0 Å². The maximum Gasteiger partial charge on any atom is 0.225 e. The normalized spacial score (nSPS) is 18.1. The molecule has 0 aliphatic carbocycles. The molecule has 1 aromatic heterocycles. The molecule has 1 saturated heterocycles. The van der Waals surface area contributed by atoms with Gasteiger partial charge in [-0.25, -0.2) is 0 Å². The zero-order valence-electron chi connectivity index (χ0n) is 9.83.